The highest BCUT2D eigenvalue weighted by atomic mass is 35.5. The predicted octanol–water partition coefficient (Wildman–Crippen LogP) is 0.215. The van der Waals surface area contributed by atoms with Crippen LogP contribution < -0.4 is 87.9 Å². The van der Waals surface area contributed by atoms with Crippen LogP contribution in [0.5, 0.6) is 51.7 Å². The first-order valence-corrected chi connectivity index (χ1v) is 43.9. The van der Waals surface area contributed by atoms with E-state index in [0.717, 1.165) is 78.9 Å². The van der Waals surface area contributed by atoms with Crippen LogP contribution in [0.4, 0.5) is 13.2 Å². The molecule has 8 aliphatic rings. The van der Waals surface area contributed by atoms with Gasteiger partial charge in [-0.25, -0.2) is 15.3 Å². The molecule has 0 spiro atoms. The van der Waals surface area contributed by atoms with E-state index in [1.807, 2.05) is 10.2 Å². The minimum absolute atomic E-state index is 0.100. The molecule has 3 fully saturated rings. The van der Waals surface area contributed by atoms with E-state index in [4.69, 9.17) is 67.3 Å². The molecule has 9 amide bonds. The number of benzene rings is 6. The van der Waals surface area contributed by atoms with E-state index in [1.165, 1.54) is 38.2 Å². The van der Waals surface area contributed by atoms with Crippen molar-refractivity contribution in [1.82, 2.24) is 63.0 Å². The van der Waals surface area contributed by atoms with Crippen LogP contribution >= 0.6 is 23.2 Å². The van der Waals surface area contributed by atoms with Gasteiger partial charge in [0.25, 0.3) is 16.1 Å². The number of nitrogens with two attached hydrogens (primary N) is 2. The molecule has 3 saturated heterocycles. The van der Waals surface area contributed by atoms with Crippen molar-refractivity contribution < 1.29 is 149 Å². The zero-order valence-electron chi connectivity index (χ0n) is 71.2. The highest BCUT2D eigenvalue weighted by molar-refractivity contribution is 7.87. The highest BCUT2D eigenvalue weighted by Crippen LogP contribution is 2.50. The number of hydroxylamine groups is 1. The smallest absolute Gasteiger partial charge is 0.508 e. The van der Waals surface area contributed by atoms with E-state index < -0.39 is 289 Å². The fraction of sp³-hybridized carbons (Fsp3) is 0.464. The van der Waals surface area contributed by atoms with Crippen molar-refractivity contribution in [3.05, 3.63) is 147 Å². The Labute approximate surface area is 761 Å². The summed E-state index contributed by atoms with van der Waals surface area (Å²) in [5, 5.41) is 135. The van der Waals surface area contributed by atoms with E-state index in [-0.39, 0.29) is 54.8 Å². The van der Waals surface area contributed by atoms with E-state index in [9.17, 15) is 86.7 Å². The molecule has 0 radical (unpaired) electrons. The Hall–Kier alpha value is -11.1. The van der Waals surface area contributed by atoms with Crippen molar-refractivity contribution in [3.8, 4) is 62.9 Å². The molecule has 0 aromatic heterocycles. The van der Waals surface area contributed by atoms with Crippen LogP contribution in [0, 0.1) is 5.92 Å². The lowest BCUT2D eigenvalue weighted by Gasteiger charge is -2.48. The fourth-order valence-corrected chi connectivity index (χ4v) is 17.0. The van der Waals surface area contributed by atoms with Gasteiger partial charge in [0.1, 0.15) is 101 Å². The van der Waals surface area contributed by atoms with Crippen molar-refractivity contribution in [1.29, 1.82) is 0 Å². The average Bonchev–Trinajstić information content (AvgIpc) is 0.763. The number of hydrogen-bond donors (Lipinski definition) is 22. The van der Waals surface area contributed by atoms with Gasteiger partial charge in [-0.05, 0) is 146 Å². The molecule has 48 heteroatoms. The lowest BCUT2D eigenvalue weighted by molar-refractivity contribution is -0.334. The Kier molecular flexibility index (Phi) is 32.1. The molecule has 8 heterocycles. The predicted molar refractivity (Wildman–Crippen MR) is 455 cm³/mol. The van der Waals surface area contributed by atoms with Crippen LogP contribution in [0.15, 0.2) is 103 Å². The number of nitrogens with zero attached hydrogens (tertiary/aromatic N) is 1. The number of carbonyl (C=O) groups is 9. The number of halogens is 5. The molecule has 24 N–H and O–H groups in total. The molecule has 716 valence electrons. The standard InChI is InChI=1S/C84H101Cl2F3N14O28S/c1-36(2)24-50(92-5)75(115)100-66-68(110)40-9-14-54(48(85)27-40)126-56-29-42-30-57(72(56)130-82-73(71(113)70(112)58(35-104)128-82)129-61-34-83(4,74(114)37(3)125-61)93-18-22-103-20-16-43(17-21-103)95-60(109)25-38-6-11-45(12-7-38)131-84(87,88)89)127-55-15-10-41(28-49(55)86)69(111)67-80(120)99-65(81(121)102-124-23-19-94-132(91,122)123)47-31-44(105)32-53(107)62(47)46-26-39(8-13-52(46)106)63(77(117)101-67)98-78(118)64(42)97-76(116)51(33-59(90)108)96-79(66)119/h6-15,26-32,36-37,43,50-51,58,61,63-71,73-74,82,92-94,104-107,110-114H,16-25,33-35H2,1-5H3,(H2,90,108)(H,95,109)(H,96,119)(H,97,116)(H,98,118)(H,99,120)(H,100,115)(H,101,117)(H,102,121)(H2,91,122,123). The van der Waals surface area contributed by atoms with Crippen molar-refractivity contribution in [2.45, 2.75) is 188 Å². The van der Waals surface area contributed by atoms with Gasteiger partial charge in [0.2, 0.25) is 59.3 Å². The number of rotatable bonds is 26. The summed E-state index contributed by atoms with van der Waals surface area (Å²) in [7, 11) is -2.85. The van der Waals surface area contributed by atoms with Gasteiger partial charge >= 0.3 is 6.36 Å². The lowest BCUT2D eigenvalue weighted by Crippen LogP contribution is -2.66. The Morgan fingerprint density at radius 3 is 1.96 bits per heavy atom. The number of carbonyl (C=O) groups excluding carboxylic acids is 9. The zero-order valence-corrected chi connectivity index (χ0v) is 73.5. The third-order valence-corrected chi connectivity index (χ3v) is 24.1. The Balaban J connectivity index is 0.960. The number of piperidine rings is 1. The number of phenolic OH excluding ortho intramolecular Hbond substituents is 3. The van der Waals surface area contributed by atoms with Gasteiger partial charge in [-0.1, -0.05) is 67.4 Å². The zero-order chi connectivity index (χ0) is 95.9. The fourth-order valence-electron chi connectivity index (χ4n) is 16.1. The van der Waals surface area contributed by atoms with Gasteiger partial charge in [0, 0.05) is 67.9 Å². The average molecular weight is 1910 g/mol. The molecule has 11 bridgehead atoms. The van der Waals surface area contributed by atoms with Gasteiger partial charge in [0.05, 0.1) is 54.4 Å². The van der Waals surface area contributed by atoms with Crippen molar-refractivity contribution in [2.75, 3.05) is 53.0 Å². The number of likely N-dealkylation sites (tertiary alicyclic amines) is 1. The molecule has 18 unspecified atom stereocenters. The number of aliphatic hydroxyl groups is 6. The quantitative estimate of drug-likeness (QED) is 0.0255. The normalized spacial score (nSPS) is 26.5. The molecule has 0 aliphatic carbocycles. The van der Waals surface area contributed by atoms with Gasteiger partial charge in [-0.3, -0.25) is 48.0 Å². The second-order valence-electron chi connectivity index (χ2n) is 33.0. The van der Waals surface area contributed by atoms with E-state index in [0.29, 0.717) is 38.0 Å². The summed E-state index contributed by atoms with van der Waals surface area (Å²) in [5.41, 5.74) is 3.86. The largest absolute Gasteiger partial charge is 0.573 e. The summed E-state index contributed by atoms with van der Waals surface area (Å²) in [6.07, 6.45) is -23.3. The molecule has 8 aliphatic heterocycles. The molecule has 0 saturated carbocycles. The number of likely N-dealkylation sites (N-methyl/N-ethyl adjacent to an activating group) is 1. The Morgan fingerprint density at radius 2 is 1.35 bits per heavy atom. The number of ether oxygens (including phenoxy) is 7. The Bertz CT molecular complexity index is 5400. The number of amides is 9. The minimum Gasteiger partial charge on any atom is -0.508 e. The molecule has 132 heavy (non-hydrogen) atoms. The summed E-state index contributed by atoms with van der Waals surface area (Å²) in [6, 6.07) is 3.39. The summed E-state index contributed by atoms with van der Waals surface area (Å²) in [4.78, 5) is 141. The van der Waals surface area contributed by atoms with Crippen LogP contribution in [-0.2, 0) is 78.8 Å². The maximum Gasteiger partial charge on any atom is 0.573 e. The van der Waals surface area contributed by atoms with Gasteiger partial charge in [-0.15, -0.1) is 13.2 Å². The van der Waals surface area contributed by atoms with Crippen LogP contribution in [0.3, 0.4) is 0 Å². The van der Waals surface area contributed by atoms with Gasteiger partial charge in [-0.2, -0.15) is 8.42 Å². The number of alkyl halides is 3. The third kappa shape index (κ3) is 24.5. The second kappa shape index (κ2) is 42.4. The number of phenols is 3. The molecule has 6 aromatic carbocycles. The third-order valence-electron chi connectivity index (χ3n) is 22.9. The first kappa shape index (κ1) is 99.9. The van der Waals surface area contributed by atoms with Crippen molar-refractivity contribution in [2.24, 2.45) is 16.8 Å². The topological polar surface area (TPSA) is 631 Å². The van der Waals surface area contributed by atoms with Crippen molar-refractivity contribution >= 4 is 86.6 Å². The van der Waals surface area contributed by atoms with E-state index in [2.05, 4.69) is 57.5 Å². The maximum atomic E-state index is 16.4. The number of hydrogen-bond acceptors (Lipinski definition) is 31. The van der Waals surface area contributed by atoms with Crippen LogP contribution in [0.1, 0.15) is 124 Å². The molecular weight excluding hydrogens is 1810 g/mol. The van der Waals surface area contributed by atoms with Gasteiger partial charge in [0.15, 0.2) is 23.9 Å². The second-order valence-corrected chi connectivity index (χ2v) is 35.2. The summed E-state index contributed by atoms with van der Waals surface area (Å²) < 4.78 is 107. The van der Waals surface area contributed by atoms with Crippen molar-refractivity contribution in [3.63, 3.8) is 0 Å². The Morgan fingerprint density at radius 1 is 0.720 bits per heavy atom. The number of aromatic hydroxyl groups is 3. The van der Waals surface area contributed by atoms with Crippen LogP contribution in [-0.4, -0.2) is 257 Å². The first-order valence-electron chi connectivity index (χ1n) is 41.6. The monoisotopic (exact) mass is 1910 g/mol. The SMILES string of the molecule is CNC(CC(C)C)C(=O)NC1C(=O)NC(CC(N)=O)C(=O)NC2C(=O)NC3C(=O)NC(C(=O)NC(C(=O)NOCCNS(N)(=O)=O)c4cc(O)cc(O)c4-c4cc3ccc4O)C(O)c3ccc(c(Cl)c3)Oc3cc2cc(c3OC2OC(CO)C(O)C(O)C2OC2CC(C)(NCCN3CCC(NC(=O)Cc4ccc(OC(F)(F)F)cc4)CC3)C(O)C(C)O2)Oc2ccc(cc2Cl)C1O. The molecule has 42 nitrogen and oxygen atoms in total. The number of primary amides is 1. The van der Waals surface area contributed by atoms with E-state index in [1.54, 1.807) is 20.8 Å². The maximum absolute atomic E-state index is 16.4. The summed E-state index contributed by atoms with van der Waals surface area (Å²) in [6.45, 7) is 6.27. The first-order chi connectivity index (χ1) is 62.3. The highest BCUT2D eigenvalue weighted by Gasteiger charge is 2.53. The van der Waals surface area contributed by atoms with Crippen LogP contribution in [0.2, 0.25) is 10.0 Å². The minimum atomic E-state index is -4.89. The summed E-state index contributed by atoms with van der Waals surface area (Å²) in [5.74, 6) is -17.1. The summed E-state index contributed by atoms with van der Waals surface area (Å²) >= 11 is 14.4. The lowest BCUT2D eigenvalue weighted by atomic mass is 9.85. The molecule has 18 atom stereocenters. The molecular formula is C84H101Cl2F3N14O28S. The van der Waals surface area contributed by atoms with Crippen LogP contribution in [0.25, 0.3) is 11.1 Å². The number of aliphatic hydroxyl groups excluding tert-OH is 6. The molecule has 14 rings (SSSR count). The van der Waals surface area contributed by atoms with E-state index >= 15 is 24.0 Å². The van der Waals surface area contributed by atoms with Gasteiger partial charge < -0.3 is 138 Å². The number of fused-ring (bicyclic) bond motifs is 15. The molecule has 6 aromatic rings. The number of nitrogens with one attached hydrogen (secondary N) is 11.